The Balaban J connectivity index is 2.27. The molecule has 0 bridgehead atoms. The van der Waals surface area contributed by atoms with E-state index in [2.05, 4.69) is 50.5 Å². The lowest BCUT2D eigenvalue weighted by Crippen LogP contribution is -2.55. The van der Waals surface area contributed by atoms with Crippen molar-refractivity contribution >= 4 is 0 Å². The molecule has 1 aromatic carbocycles. The van der Waals surface area contributed by atoms with E-state index in [1.807, 2.05) is 6.92 Å². The van der Waals surface area contributed by atoms with E-state index in [1.54, 1.807) is 0 Å². The van der Waals surface area contributed by atoms with Gasteiger partial charge in [0.15, 0.2) is 0 Å². The summed E-state index contributed by atoms with van der Waals surface area (Å²) in [7, 11) is 2.07. The van der Waals surface area contributed by atoms with E-state index in [4.69, 9.17) is 4.74 Å². The van der Waals surface area contributed by atoms with E-state index in [0.29, 0.717) is 17.4 Å². The minimum absolute atomic E-state index is 0.349. The summed E-state index contributed by atoms with van der Waals surface area (Å²) >= 11 is 0. The van der Waals surface area contributed by atoms with Gasteiger partial charge in [0.2, 0.25) is 0 Å². The second kappa shape index (κ2) is 5.31. The molecule has 1 N–H and O–H groups in total. The van der Waals surface area contributed by atoms with Gasteiger partial charge in [-0.25, -0.2) is 0 Å². The van der Waals surface area contributed by atoms with Crippen LogP contribution in [-0.4, -0.2) is 19.7 Å². The molecule has 3 atom stereocenters. The zero-order valence-corrected chi connectivity index (χ0v) is 12.0. The van der Waals surface area contributed by atoms with Crippen molar-refractivity contribution in [2.45, 2.75) is 45.6 Å². The molecule has 2 rings (SSSR count). The van der Waals surface area contributed by atoms with Gasteiger partial charge in [0.25, 0.3) is 0 Å². The van der Waals surface area contributed by atoms with Gasteiger partial charge >= 0.3 is 0 Å². The van der Waals surface area contributed by atoms with E-state index < -0.39 is 0 Å². The molecule has 0 radical (unpaired) electrons. The molecule has 3 unspecified atom stereocenters. The normalized spacial score (nSPS) is 30.9. The second-order valence-electron chi connectivity index (χ2n) is 5.46. The van der Waals surface area contributed by atoms with Crippen LogP contribution in [0, 0.1) is 5.41 Å². The smallest absolute Gasteiger partial charge is 0.122 e. The Morgan fingerprint density at radius 3 is 2.67 bits per heavy atom. The molecule has 0 heterocycles. The Labute approximate surface area is 111 Å². The Kier molecular flexibility index (Phi) is 3.96. The van der Waals surface area contributed by atoms with Crippen molar-refractivity contribution in [1.29, 1.82) is 0 Å². The van der Waals surface area contributed by atoms with Gasteiger partial charge in [0.1, 0.15) is 5.75 Å². The SMILES string of the molecule is CCOc1ccccc1C1CC(NC)C1(C)CC. The first-order valence-corrected chi connectivity index (χ1v) is 7.06. The molecule has 1 aromatic rings. The molecule has 1 saturated carbocycles. The highest BCUT2D eigenvalue weighted by atomic mass is 16.5. The van der Waals surface area contributed by atoms with Gasteiger partial charge in [0.05, 0.1) is 6.61 Å². The fourth-order valence-corrected chi connectivity index (χ4v) is 3.33. The summed E-state index contributed by atoms with van der Waals surface area (Å²) in [6.45, 7) is 7.47. The molecule has 1 aliphatic carbocycles. The molecule has 2 heteroatoms. The van der Waals surface area contributed by atoms with Crippen molar-refractivity contribution in [2.24, 2.45) is 5.41 Å². The van der Waals surface area contributed by atoms with Crippen LogP contribution < -0.4 is 10.1 Å². The second-order valence-corrected chi connectivity index (χ2v) is 5.46. The van der Waals surface area contributed by atoms with Crippen LogP contribution >= 0.6 is 0 Å². The van der Waals surface area contributed by atoms with E-state index in [1.165, 1.54) is 18.4 Å². The maximum Gasteiger partial charge on any atom is 0.122 e. The standard InChI is InChI=1S/C16H25NO/c1-5-16(3)13(11-15(16)17-4)12-9-7-8-10-14(12)18-6-2/h7-10,13,15,17H,5-6,11H2,1-4H3. The lowest BCUT2D eigenvalue weighted by molar-refractivity contribution is 0.0477. The lowest BCUT2D eigenvalue weighted by Gasteiger charge is -2.54. The van der Waals surface area contributed by atoms with Crippen molar-refractivity contribution in [3.8, 4) is 5.75 Å². The van der Waals surface area contributed by atoms with Crippen molar-refractivity contribution in [1.82, 2.24) is 5.32 Å². The zero-order chi connectivity index (χ0) is 13.2. The Morgan fingerprint density at radius 1 is 1.33 bits per heavy atom. The van der Waals surface area contributed by atoms with Crippen LogP contribution in [0.15, 0.2) is 24.3 Å². The maximum atomic E-state index is 5.78. The van der Waals surface area contributed by atoms with Crippen molar-refractivity contribution in [3.05, 3.63) is 29.8 Å². The van der Waals surface area contributed by atoms with E-state index in [9.17, 15) is 0 Å². The van der Waals surface area contributed by atoms with Crippen LogP contribution in [0.25, 0.3) is 0 Å². The summed E-state index contributed by atoms with van der Waals surface area (Å²) in [6.07, 6.45) is 2.41. The highest BCUT2D eigenvalue weighted by Gasteiger charge is 2.50. The fourth-order valence-electron chi connectivity index (χ4n) is 3.33. The predicted molar refractivity (Wildman–Crippen MR) is 76.2 cm³/mol. The molecule has 18 heavy (non-hydrogen) atoms. The van der Waals surface area contributed by atoms with E-state index >= 15 is 0 Å². The predicted octanol–water partition coefficient (Wildman–Crippen LogP) is 3.58. The number of ether oxygens (including phenoxy) is 1. The Bertz CT molecular complexity index is 404. The van der Waals surface area contributed by atoms with Crippen LogP contribution in [0.5, 0.6) is 5.75 Å². The minimum Gasteiger partial charge on any atom is -0.494 e. The molecular formula is C16H25NO. The third-order valence-corrected chi connectivity index (χ3v) is 4.77. The van der Waals surface area contributed by atoms with Crippen LogP contribution in [0.2, 0.25) is 0 Å². The van der Waals surface area contributed by atoms with Crippen LogP contribution in [-0.2, 0) is 0 Å². The molecular weight excluding hydrogens is 222 g/mol. The van der Waals surface area contributed by atoms with Gasteiger partial charge in [-0.15, -0.1) is 0 Å². The maximum absolute atomic E-state index is 5.78. The van der Waals surface area contributed by atoms with Gasteiger partial charge in [0, 0.05) is 6.04 Å². The van der Waals surface area contributed by atoms with Crippen molar-refractivity contribution in [2.75, 3.05) is 13.7 Å². The van der Waals surface area contributed by atoms with Crippen LogP contribution in [0.1, 0.15) is 45.1 Å². The fraction of sp³-hybridized carbons (Fsp3) is 0.625. The average molecular weight is 247 g/mol. The molecule has 100 valence electrons. The van der Waals surface area contributed by atoms with Gasteiger partial charge in [-0.1, -0.05) is 32.0 Å². The van der Waals surface area contributed by atoms with Gasteiger partial charge in [-0.05, 0) is 49.8 Å². The zero-order valence-electron chi connectivity index (χ0n) is 12.0. The number of rotatable bonds is 5. The molecule has 0 saturated heterocycles. The first-order valence-electron chi connectivity index (χ1n) is 7.06. The number of nitrogens with one attached hydrogen (secondary N) is 1. The van der Waals surface area contributed by atoms with Crippen molar-refractivity contribution in [3.63, 3.8) is 0 Å². The number of hydrogen-bond acceptors (Lipinski definition) is 2. The monoisotopic (exact) mass is 247 g/mol. The molecule has 0 amide bonds. The third kappa shape index (κ3) is 2.03. The van der Waals surface area contributed by atoms with Crippen molar-refractivity contribution < 1.29 is 4.74 Å². The quantitative estimate of drug-likeness (QED) is 0.858. The summed E-state index contributed by atoms with van der Waals surface area (Å²) in [4.78, 5) is 0. The highest BCUT2D eigenvalue weighted by molar-refractivity contribution is 5.40. The van der Waals surface area contributed by atoms with Gasteiger partial charge < -0.3 is 10.1 Å². The molecule has 0 aromatic heterocycles. The molecule has 1 aliphatic rings. The minimum atomic E-state index is 0.349. The largest absolute Gasteiger partial charge is 0.494 e. The van der Waals surface area contributed by atoms with E-state index in [0.717, 1.165) is 12.4 Å². The molecule has 2 nitrogen and oxygen atoms in total. The Hall–Kier alpha value is -1.02. The number of hydrogen-bond donors (Lipinski definition) is 1. The molecule has 0 spiro atoms. The van der Waals surface area contributed by atoms with Gasteiger partial charge in [-0.3, -0.25) is 0 Å². The topological polar surface area (TPSA) is 21.3 Å². The van der Waals surface area contributed by atoms with Crippen LogP contribution in [0.3, 0.4) is 0 Å². The summed E-state index contributed by atoms with van der Waals surface area (Å²) < 4.78 is 5.78. The van der Waals surface area contributed by atoms with Gasteiger partial charge in [-0.2, -0.15) is 0 Å². The molecule has 0 aliphatic heterocycles. The first kappa shape index (κ1) is 13.4. The third-order valence-electron chi connectivity index (χ3n) is 4.77. The first-order chi connectivity index (χ1) is 8.67. The molecule has 1 fully saturated rings. The Morgan fingerprint density at radius 2 is 2.06 bits per heavy atom. The number of para-hydroxylation sites is 1. The van der Waals surface area contributed by atoms with E-state index in [-0.39, 0.29) is 0 Å². The summed E-state index contributed by atoms with van der Waals surface area (Å²) in [5.74, 6) is 1.68. The average Bonchev–Trinajstić information content (AvgIpc) is 2.39. The number of benzene rings is 1. The van der Waals surface area contributed by atoms with Crippen LogP contribution in [0.4, 0.5) is 0 Å². The highest BCUT2D eigenvalue weighted by Crippen LogP contribution is 2.56. The summed E-state index contributed by atoms with van der Waals surface area (Å²) in [5, 5.41) is 3.45. The summed E-state index contributed by atoms with van der Waals surface area (Å²) in [6, 6.07) is 9.14. The summed E-state index contributed by atoms with van der Waals surface area (Å²) in [5.41, 5.74) is 1.73. The lowest BCUT2D eigenvalue weighted by atomic mass is 9.54.